The lowest BCUT2D eigenvalue weighted by molar-refractivity contribution is -0.115. The number of hydrogen-bond donors (Lipinski definition) is 2. The van der Waals surface area contributed by atoms with Crippen LogP contribution in [0.25, 0.3) is 5.65 Å². The van der Waals surface area contributed by atoms with Crippen molar-refractivity contribution in [2.45, 2.75) is 58.0 Å². The Bertz CT molecular complexity index is 1220. The molecule has 3 aromatic rings. The van der Waals surface area contributed by atoms with E-state index in [1.807, 2.05) is 19.2 Å². The second-order valence-corrected chi connectivity index (χ2v) is 8.99. The number of rotatable bonds is 5. The average molecular weight is 468 g/mol. The van der Waals surface area contributed by atoms with E-state index in [-0.39, 0.29) is 41.8 Å². The molecule has 2 atom stereocenters. The highest BCUT2D eigenvalue weighted by Crippen LogP contribution is 2.33. The molecule has 2 aliphatic rings. The standard InChI is InChI=1S/C22H29N9O3/c1-3-18(32)25-20-19(27-34-28-20)22(33)30-8-5-4-6-16(30)15-10-17-24-21(13(2)11-31(17)26-15)29-9-7-14(23)12-29/h10-11,14,16H,3-9,12,23H2,1-2H3,(H,25,28,32)/t14-,16-/m0/s1. The molecule has 0 spiro atoms. The first-order valence-corrected chi connectivity index (χ1v) is 11.8. The van der Waals surface area contributed by atoms with Crippen LogP contribution in [-0.4, -0.2) is 67.3 Å². The van der Waals surface area contributed by atoms with E-state index in [1.54, 1.807) is 16.3 Å². The number of likely N-dealkylation sites (tertiary alicyclic amines) is 1. The average Bonchev–Trinajstić information content (AvgIpc) is 3.57. The minimum atomic E-state index is -0.342. The molecule has 3 N–H and O–H groups in total. The monoisotopic (exact) mass is 467 g/mol. The van der Waals surface area contributed by atoms with Crippen LogP contribution in [0.4, 0.5) is 11.6 Å². The van der Waals surface area contributed by atoms with Crippen LogP contribution in [0, 0.1) is 6.92 Å². The van der Waals surface area contributed by atoms with Crippen molar-refractivity contribution in [1.82, 2.24) is 29.8 Å². The van der Waals surface area contributed by atoms with Gasteiger partial charge in [0.15, 0.2) is 5.65 Å². The summed E-state index contributed by atoms with van der Waals surface area (Å²) in [4.78, 5) is 34.0. The van der Waals surface area contributed by atoms with Crippen LogP contribution in [0.3, 0.4) is 0 Å². The van der Waals surface area contributed by atoms with Crippen LogP contribution in [-0.2, 0) is 4.79 Å². The second kappa shape index (κ2) is 9.01. The highest BCUT2D eigenvalue weighted by Gasteiger charge is 2.34. The third kappa shape index (κ3) is 4.09. The fourth-order valence-corrected chi connectivity index (χ4v) is 4.73. The molecule has 0 saturated carbocycles. The molecule has 2 fully saturated rings. The molecule has 0 unspecified atom stereocenters. The number of fused-ring (bicyclic) bond motifs is 1. The number of carbonyl (C=O) groups is 2. The van der Waals surface area contributed by atoms with Gasteiger partial charge >= 0.3 is 0 Å². The van der Waals surface area contributed by atoms with Gasteiger partial charge in [-0.05, 0) is 42.9 Å². The smallest absolute Gasteiger partial charge is 0.280 e. The quantitative estimate of drug-likeness (QED) is 0.571. The largest absolute Gasteiger partial charge is 0.355 e. The SMILES string of the molecule is CCC(=O)Nc1nonc1C(=O)N1CCCC[C@H]1c1cc2nc(N3CC[C@H](N)C3)c(C)cn2n1. The Labute approximate surface area is 196 Å². The summed E-state index contributed by atoms with van der Waals surface area (Å²) in [5.41, 5.74) is 8.62. The second-order valence-electron chi connectivity index (χ2n) is 8.99. The molecule has 0 aromatic carbocycles. The highest BCUT2D eigenvalue weighted by molar-refractivity contribution is 6.01. The Morgan fingerprint density at radius 1 is 1.24 bits per heavy atom. The predicted octanol–water partition coefficient (Wildman–Crippen LogP) is 1.67. The van der Waals surface area contributed by atoms with E-state index in [0.717, 1.165) is 61.5 Å². The zero-order valence-electron chi connectivity index (χ0n) is 19.4. The van der Waals surface area contributed by atoms with E-state index in [1.165, 1.54) is 0 Å². The zero-order valence-corrected chi connectivity index (χ0v) is 19.4. The minimum Gasteiger partial charge on any atom is -0.355 e. The van der Waals surface area contributed by atoms with Crippen LogP contribution < -0.4 is 16.0 Å². The lowest BCUT2D eigenvalue weighted by Gasteiger charge is -2.34. The molecule has 0 radical (unpaired) electrons. The van der Waals surface area contributed by atoms with E-state index >= 15 is 0 Å². The normalized spacial score (nSPS) is 20.8. The molecule has 12 heteroatoms. The van der Waals surface area contributed by atoms with Crippen molar-refractivity contribution in [3.8, 4) is 0 Å². The van der Waals surface area contributed by atoms with Crippen molar-refractivity contribution in [2.75, 3.05) is 29.9 Å². The van der Waals surface area contributed by atoms with Crippen LogP contribution in [0.5, 0.6) is 0 Å². The molecule has 2 amide bonds. The molecule has 5 rings (SSSR count). The first kappa shape index (κ1) is 22.3. The fraction of sp³-hybridized carbons (Fsp3) is 0.545. The number of carbonyl (C=O) groups excluding carboxylic acids is 2. The van der Waals surface area contributed by atoms with Crippen LogP contribution >= 0.6 is 0 Å². The van der Waals surface area contributed by atoms with Crippen molar-refractivity contribution in [1.29, 1.82) is 0 Å². The Morgan fingerprint density at radius 3 is 2.85 bits per heavy atom. The predicted molar refractivity (Wildman–Crippen MR) is 123 cm³/mol. The molecule has 180 valence electrons. The summed E-state index contributed by atoms with van der Waals surface area (Å²) in [5, 5.41) is 14.8. The number of aromatic nitrogens is 5. The molecule has 3 aromatic heterocycles. The number of nitrogens with one attached hydrogen (secondary N) is 1. The Morgan fingerprint density at radius 2 is 2.09 bits per heavy atom. The van der Waals surface area contributed by atoms with Crippen molar-refractivity contribution in [3.05, 3.63) is 29.2 Å². The molecule has 34 heavy (non-hydrogen) atoms. The van der Waals surface area contributed by atoms with Crippen LogP contribution in [0.15, 0.2) is 16.9 Å². The maximum atomic E-state index is 13.4. The van der Waals surface area contributed by atoms with E-state index < -0.39 is 0 Å². The van der Waals surface area contributed by atoms with Gasteiger partial charge in [0.1, 0.15) is 5.82 Å². The molecule has 0 bridgehead atoms. The summed E-state index contributed by atoms with van der Waals surface area (Å²) in [6.07, 6.45) is 5.79. The molecular formula is C22H29N9O3. The Kier molecular flexibility index (Phi) is 5.90. The van der Waals surface area contributed by atoms with E-state index in [0.29, 0.717) is 6.54 Å². The molecular weight excluding hydrogens is 438 g/mol. The summed E-state index contributed by atoms with van der Waals surface area (Å²) >= 11 is 0. The summed E-state index contributed by atoms with van der Waals surface area (Å²) in [5.74, 6) is 0.358. The van der Waals surface area contributed by atoms with Gasteiger partial charge in [-0.1, -0.05) is 6.92 Å². The zero-order chi connectivity index (χ0) is 23.8. The van der Waals surface area contributed by atoms with Crippen LogP contribution in [0.2, 0.25) is 0 Å². The Balaban J connectivity index is 1.44. The van der Waals surface area contributed by atoms with Gasteiger partial charge in [0.2, 0.25) is 17.4 Å². The summed E-state index contributed by atoms with van der Waals surface area (Å²) in [7, 11) is 0. The molecule has 0 aliphatic carbocycles. The number of nitrogens with two attached hydrogens (primary N) is 1. The number of piperidine rings is 1. The lowest BCUT2D eigenvalue weighted by atomic mass is 9.99. The maximum Gasteiger partial charge on any atom is 0.280 e. The molecule has 2 saturated heterocycles. The van der Waals surface area contributed by atoms with Gasteiger partial charge in [0, 0.05) is 49.9 Å². The highest BCUT2D eigenvalue weighted by atomic mass is 16.6. The van der Waals surface area contributed by atoms with Gasteiger partial charge in [-0.25, -0.2) is 14.1 Å². The minimum absolute atomic E-state index is 0.000841. The topological polar surface area (TPSA) is 148 Å². The van der Waals surface area contributed by atoms with Gasteiger partial charge in [-0.15, -0.1) is 0 Å². The van der Waals surface area contributed by atoms with Gasteiger partial charge < -0.3 is 20.9 Å². The van der Waals surface area contributed by atoms with Crippen LogP contribution in [0.1, 0.15) is 66.8 Å². The lowest BCUT2D eigenvalue weighted by Crippen LogP contribution is -2.39. The molecule has 5 heterocycles. The number of nitrogens with zero attached hydrogens (tertiary/aromatic N) is 7. The summed E-state index contributed by atoms with van der Waals surface area (Å²) < 4.78 is 6.54. The van der Waals surface area contributed by atoms with E-state index in [2.05, 4.69) is 20.5 Å². The number of amides is 2. The molecule has 12 nitrogen and oxygen atoms in total. The first-order chi connectivity index (χ1) is 16.4. The third-order valence-corrected chi connectivity index (χ3v) is 6.52. The van der Waals surface area contributed by atoms with Gasteiger partial charge in [0.05, 0.1) is 11.7 Å². The third-order valence-electron chi connectivity index (χ3n) is 6.52. The van der Waals surface area contributed by atoms with Gasteiger partial charge in [-0.3, -0.25) is 9.59 Å². The summed E-state index contributed by atoms with van der Waals surface area (Å²) in [6, 6.07) is 1.87. The molecule has 2 aliphatic heterocycles. The van der Waals surface area contributed by atoms with E-state index in [4.69, 9.17) is 20.4 Å². The van der Waals surface area contributed by atoms with Gasteiger partial charge in [0.25, 0.3) is 5.91 Å². The Hall–Kier alpha value is -3.54. The van der Waals surface area contributed by atoms with Crippen molar-refractivity contribution >= 4 is 29.1 Å². The number of aryl methyl sites for hydroxylation is 1. The van der Waals surface area contributed by atoms with E-state index in [9.17, 15) is 9.59 Å². The first-order valence-electron chi connectivity index (χ1n) is 11.8. The van der Waals surface area contributed by atoms with Gasteiger partial charge in [-0.2, -0.15) is 5.10 Å². The fourth-order valence-electron chi connectivity index (χ4n) is 4.73. The van der Waals surface area contributed by atoms with Crippen molar-refractivity contribution in [2.24, 2.45) is 5.73 Å². The van der Waals surface area contributed by atoms with Crippen molar-refractivity contribution < 1.29 is 14.2 Å². The number of anilines is 2. The number of hydrogen-bond acceptors (Lipinski definition) is 9. The maximum absolute atomic E-state index is 13.4. The van der Waals surface area contributed by atoms with Crippen molar-refractivity contribution in [3.63, 3.8) is 0 Å². The summed E-state index contributed by atoms with van der Waals surface area (Å²) in [6.45, 7) is 5.97.